The van der Waals surface area contributed by atoms with Crippen LogP contribution >= 0.6 is 0 Å². The maximum atomic E-state index is 8.80. The van der Waals surface area contributed by atoms with E-state index in [1.807, 2.05) is 38.1 Å². The van der Waals surface area contributed by atoms with E-state index in [0.29, 0.717) is 13.0 Å². The van der Waals surface area contributed by atoms with Gasteiger partial charge in [0, 0.05) is 20.1 Å². The van der Waals surface area contributed by atoms with Crippen LogP contribution in [0.2, 0.25) is 0 Å². The lowest BCUT2D eigenvalue weighted by molar-refractivity contribution is 0.00545. The van der Waals surface area contributed by atoms with Crippen molar-refractivity contribution in [3.8, 4) is 5.75 Å². The molecule has 0 atom stereocenters. The molecule has 96 valence electrons. The first-order valence-electron chi connectivity index (χ1n) is 5.95. The number of methoxy groups -OCH3 is 1. The Bertz CT molecular complexity index is 317. The van der Waals surface area contributed by atoms with E-state index in [0.717, 1.165) is 17.7 Å². The highest BCUT2D eigenvalue weighted by Crippen LogP contribution is 2.16. The van der Waals surface area contributed by atoms with Gasteiger partial charge in [-0.3, -0.25) is 0 Å². The van der Waals surface area contributed by atoms with Crippen LogP contribution < -0.4 is 4.74 Å². The van der Waals surface area contributed by atoms with Crippen LogP contribution in [0.15, 0.2) is 24.3 Å². The minimum atomic E-state index is -0.142. The van der Waals surface area contributed by atoms with E-state index in [1.54, 1.807) is 7.11 Å². The Hall–Kier alpha value is -1.06. The molecule has 0 radical (unpaired) electrons. The summed E-state index contributed by atoms with van der Waals surface area (Å²) >= 11 is 0. The zero-order chi connectivity index (χ0) is 12.7. The van der Waals surface area contributed by atoms with Crippen LogP contribution in [0, 0.1) is 0 Å². The highest BCUT2D eigenvalue weighted by Gasteiger charge is 2.15. The molecule has 17 heavy (non-hydrogen) atoms. The molecular formula is C14H22O3. The molecule has 1 N–H and O–H groups in total. The molecule has 0 saturated heterocycles. The predicted molar refractivity (Wildman–Crippen MR) is 68.4 cm³/mol. The molecule has 0 aliphatic carbocycles. The van der Waals surface area contributed by atoms with Gasteiger partial charge >= 0.3 is 0 Å². The summed E-state index contributed by atoms with van der Waals surface area (Å²) in [6.45, 7) is 4.91. The molecule has 1 aromatic rings. The highest BCUT2D eigenvalue weighted by molar-refractivity contribution is 5.27. The Morgan fingerprint density at radius 2 is 1.82 bits per heavy atom. The number of aliphatic hydroxyl groups is 1. The third-order valence-corrected chi connectivity index (χ3v) is 2.85. The molecule has 0 saturated carbocycles. The van der Waals surface area contributed by atoms with Crippen molar-refractivity contribution >= 4 is 0 Å². The van der Waals surface area contributed by atoms with Crippen LogP contribution in [0.3, 0.4) is 0 Å². The average Bonchev–Trinajstić information content (AvgIpc) is 2.32. The lowest BCUT2D eigenvalue weighted by Crippen LogP contribution is -2.25. The third-order valence-electron chi connectivity index (χ3n) is 2.85. The fourth-order valence-electron chi connectivity index (χ4n) is 1.40. The van der Waals surface area contributed by atoms with Crippen LogP contribution in [0.25, 0.3) is 0 Å². The lowest BCUT2D eigenvalue weighted by atomic mass is 10.1. The summed E-state index contributed by atoms with van der Waals surface area (Å²) in [6, 6.07) is 7.83. The molecule has 0 unspecified atom stereocenters. The Kier molecular flexibility index (Phi) is 5.45. The average molecular weight is 238 g/mol. The third kappa shape index (κ3) is 5.20. The first-order valence-corrected chi connectivity index (χ1v) is 5.95. The summed E-state index contributed by atoms with van der Waals surface area (Å²) in [5.74, 6) is 0.860. The van der Waals surface area contributed by atoms with Gasteiger partial charge in [-0.1, -0.05) is 12.1 Å². The summed E-state index contributed by atoms with van der Waals surface area (Å²) in [7, 11) is 1.71. The van der Waals surface area contributed by atoms with Crippen molar-refractivity contribution in [2.75, 3.05) is 20.3 Å². The van der Waals surface area contributed by atoms with Gasteiger partial charge in [-0.2, -0.15) is 0 Å². The summed E-state index contributed by atoms with van der Waals surface area (Å²) < 4.78 is 11.0. The largest absolute Gasteiger partial charge is 0.493 e. The van der Waals surface area contributed by atoms with E-state index in [2.05, 4.69) is 0 Å². The van der Waals surface area contributed by atoms with Crippen LogP contribution in [-0.2, 0) is 11.2 Å². The fourth-order valence-corrected chi connectivity index (χ4v) is 1.40. The van der Waals surface area contributed by atoms with Gasteiger partial charge in [0.15, 0.2) is 0 Å². The van der Waals surface area contributed by atoms with Crippen molar-refractivity contribution in [2.24, 2.45) is 0 Å². The zero-order valence-electron chi connectivity index (χ0n) is 10.9. The summed E-state index contributed by atoms with van der Waals surface area (Å²) in [5.41, 5.74) is 0.980. The molecule has 0 aliphatic heterocycles. The molecular weight excluding hydrogens is 216 g/mol. The zero-order valence-corrected chi connectivity index (χ0v) is 10.9. The van der Waals surface area contributed by atoms with Crippen molar-refractivity contribution in [3.05, 3.63) is 29.8 Å². The van der Waals surface area contributed by atoms with E-state index in [4.69, 9.17) is 14.6 Å². The Balaban J connectivity index is 2.37. The quantitative estimate of drug-likeness (QED) is 0.793. The molecule has 3 heteroatoms. The highest BCUT2D eigenvalue weighted by atomic mass is 16.5. The van der Waals surface area contributed by atoms with Crippen molar-refractivity contribution in [2.45, 2.75) is 32.3 Å². The molecule has 0 aliphatic rings. The van der Waals surface area contributed by atoms with Crippen LogP contribution in [0.4, 0.5) is 0 Å². The van der Waals surface area contributed by atoms with Crippen molar-refractivity contribution in [1.82, 2.24) is 0 Å². The van der Waals surface area contributed by atoms with Crippen LogP contribution in [-0.4, -0.2) is 31.0 Å². The molecule has 0 bridgehead atoms. The van der Waals surface area contributed by atoms with Gasteiger partial charge in [0.25, 0.3) is 0 Å². The topological polar surface area (TPSA) is 38.7 Å². The molecule has 1 aromatic carbocycles. The summed E-state index contributed by atoms with van der Waals surface area (Å²) in [5, 5.41) is 8.80. The van der Waals surface area contributed by atoms with E-state index < -0.39 is 0 Å². The van der Waals surface area contributed by atoms with Gasteiger partial charge in [-0.15, -0.1) is 0 Å². The second kappa shape index (κ2) is 6.62. The predicted octanol–water partition coefficient (Wildman–Crippen LogP) is 2.42. The number of hydrogen-bond acceptors (Lipinski definition) is 3. The number of benzene rings is 1. The Morgan fingerprint density at radius 1 is 1.18 bits per heavy atom. The number of rotatable bonds is 7. The first kappa shape index (κ1) is 14.0. The van der Waals surface area contributed by atoms with E-state index in [1.165, 1.54) is 0 Å². The molecule has 0 heterocycles. The SMILES string of the molecule is COC(C)(C)CCOc1ccc(CCO)cc1. The number of ether oxygens (including phenoxy) is 2. The van der Waals surface area contributed by atoms with E-state index in [9.17, 15) is 0 Å². The molecule has 1 rings (SSSR count). The molecule has 0 amide bonds. The number of hydrogen-bond donors (Lipinski definition) is 1. The maximum absolute atomic E-state index is 8.80. The van der Waals surface area contributed by atoms with Gasteiger partial charge in [-0.25, -0.2) is 0 Å². The van der Waals surface area contributed by atoms with Crippen molar-refractivity contribution < 1.29 is 14.6 Å². The second-order valence-electron chi connectivity index (χ2n) is 4.68. The maximum Gasteiger partial charge on any atom is 0.119 e. The minimum Gasteiger partial charge on any atom is -0.493 e. The monoisotopic (exact) mass is 238 g/mol. The minimum absolute atomic E-state index is 0.142. The van der Waals surface area contributed by atoms with Gasteiger partial charge < -0.3 is 14.6 Å². The Morgan fingerprint density at radius 3 is 2.35 bits per heavy atom. The molecule has 3 nitrogen and oxygen atoms in total. The van der Waals surface area contributed by atoms with Crippen LogP contribution in [0.1, 0.15) is 25.8 Å². The molecule has 0 aromatic heterocycles. The standard InChI is InChI=1S/C14H22O3/c1-14(2,16-3)9-11-17-13-6-4-12(5-7-13)8-10-15/h4-7,15H,8-11H2,1-3H3. The van der Waals surface area contributed by atoms with Gasteiger partial charge in [0.05, 0.1) is 12.2 Å². The summed E-state index contributed by atoms with van der Waals surface area (Å²) in [4.78, 5) is 0. The van der Waals surface area contributed by atoms with Gasteiger partial charge in [0.2, 0.25) is 0 Å². The smallest absolute Gasteiger partial charge is 0.119 e. The fraction of sp³-hybridized carbons (Fsp3) is 0.571. The normalized spacial score (nSPS) is 11.5. The Labute approximate surface area is 103 Å². The first-order chi connectivity index (χ1) is 8.07. The van der Waals surface area contributed by atoms with Crippen molar-refractivity contribution in [3.63, 3.8) is 0 Å². The molecule has 0 spiro atoms. The van der Waals surface area contributed by atoms with E-state index >= 15 is 0 Å². The lowest BCUT2D eigenvalue weighted by Gasteiger charge is -2.22. The van der Waals surface area contributed by atoms with Crippen molar-refractivity contribution in [1.29, 1.82) is 0 Å². The summed E-state index contributed by atoms with van der Waals surface area (Å²) in [6.07, 6.45) is 1.54. The molecule has 0 fully saturated rings. The second-order valence-corrected chi connectivity index (χ2v) is 4.68. The van der Waals surface area contributed by atoms with Gasteiger partial charge in [0.1, 0.15) is 5.75 Å². The van der Waals surface area contributed by atoms with Crippen LogP contribution in [0.5, 0.6) is 5.75 Å². The van der Waals surface area contributed by atoms with Gasteiger partial charge in [-0.05, 0) is 38.0 Å². The number of aliphatic hydroxyl groups excluding tert-OH is 1. The van der Waals surface area contributed by atoms with E-state index in [-0.39, 0.29) is 12.2 Å².